The molecule has 0 radical (unpaired) electrons. The quantitative estimate of drug-likeness (QED) is 0.840. The van der Waals surface area contributed by atoms with Crippen molar-refractivity contribution >= 4 is 5.91 Å². The Labute approximate surface area is 132 Å². The first-order valence-corrected chi connectivity index (χ1v) is 7.73. The van der Waals surface area contributed by atoms with E-state index in [9.17, 15) is 4.79 Å². The Morgan fingerprint density at radius 3 is 2.68 bits per heavy atom. The molecule has 1 saturated heterocycles. The van der Waals surface area contributed by atoms with Crippen LogP contribution in [-0.2, 0) is 4.74 Å². The molecule has 0 aromatic heterocycles. The first-order chi connectivity index (χ1) is 10.6. The van der Waals surface area contributed by atoms with Crippen LogP contribution in [0.4, 0.5) is 0 Å². The Kier molecular flexibility index (Phi) is 5.80. The van der Waals surface area contributed by atoms with E-state index in [-0.39, 0.29) is 11.3 Å². The number of rotatable bonds is 6. The van der Waals surface area contributed by atoms with Crippen LogP contribution in [0.2, 0.25) is 0 Å². The van der Waals surface area contributed by atoms with Crippen LogP contribution < -0.4 is 15.4 Å². The van der Waals surface area contributed by atoms with E-state index in [2.05, 4.69) is 10.6 Å². The molecule has 122 valence electrons. The minimum absolute atomic E-state index is 0.0322. The molecule has 1 amide bonds. The zero-order valence-electron chi connectivity index (χ0n) is 13.7. The van der Waals surface area contributed by atoms with Crippen molar-refractivity contribution in [1.29, 1.82) is 0 Å². The molecule has 0 saturated carbocycles. The zero-order chi connectivity index (χ0) is 16.0. The molecule has 2 rings (SSSR count). The van der Waals surface area contributed by atoms with Crippen LogP contribution in [0, 0.1) is 12.3 Å². The number of ether oxygens (including phenoxy) is 2. The second kappa shape index (κ2) is 7.61. The Balaban J connectivity index is 2.01. The highest BCUT2D eigenvalue weighted by atomic mass is 16.5. The number of amides is 1. The van der Waals surface area contributed by atoms with Crippen molar-refractivity contribution in [1.82, 2.24) is 10.6 Å². The SMILES string of the molecule is COCC1(CNC(=O)c2ccc(C)c(OC)c2)CCNCC1. The van der Waals surface area contributed by atoms with Crippen molar-refractivity contribution in [3.8, 4) is 5.75 Å². The summed E-state index contributed by atoms with van der Waals surface area (Å²) in [7, 11) is 3.34. The molecular weight excluding hydrogens is 280 g/mol. The predicted molar refractivity (Wildman–Crippen MR) is 86.5 cm³/mol. The standard InChI is InChI=1S/C17H26N2O3/c1-13-4-5-14(10-15(13)22-3)16(20)19-11-17(12-21-2)6-8-18-9-7-17/h4-5,10,18H,6-9,11-12H2,1-3H3,(H,19,20). The number of hydrogen-bond acceptors (Lipinski definition) is 4. The third-order valence-corrected chi connectivity index (χ3v) is 4.41. The number of hydrogen-bond donors (Lipinski definition) is 2. The zero-order valence-corrected chi connectivity index (χ0v) is 13.7. The molecule has 0 aliphatic carbocycles. The summed E-state index contributed by atoms with van der Waals surface area (Å²) in [5.74, 6) is 0.674. The first kappa shape index (κ1) is 16.8. The van der Waals surface area contributed by atoms with Crippen LogP contribution in [0.3, 0.4) is 0 Å². The van der Waals surface area contributed by atoms with Gasteiger partial charge in [0.15, 0.2) is 0 Å². The van der Waals surface area contributed by atoms with Crippen LogP contribution in [0.25, 0.3) is 0 Å². The van der Waals surface area contributed by atoms with E-state index in [4.69, 9.17) is 9.47 Å². The molecule has 0 atom stereocenters. The molecule has 5 nitrogen and oxygen atoms in total. The molecule has 1 aromatic carbocycles. The van der Waals surface area contributed by atoms with Crippen LogP contribution in [-0.4, -0.2) is 46.4 Å². The van der Waals surface area contributed by atoms with E-state index in [1.165, 1.54) is 0 Å². The minimum atomic E-state index is -0.0627. The van der Waals surface area contributed by atoms with E-state index in [1.54, 1.807) is 20.3 Å². The van der Waals surface area contributed by atoms with Crippen LogP contribution in [0.5, 0.6) is 5.75 Å². The first-order valence-electron chi connectivity index (χ1n) is 7.73. The lowest BCUT2D eigenvalue weighted by Crippen LogP contribution is -2.47. The fraction of sp³-hybridized carbons (Fsp3) is 0.588. The highest BCUT2D eigenvalue weighted by Crippen LogP contribution is 2.28. The largest absolute Gasteiger partial charge is 0.496 e. The number of carbonyl (C=O) groups excluding carboxylic acids is 1. The lowest BCUT2D eigenvalue weighted by Gasteiger charge is -2.37. The monoisotopic (exact) mass is 306 g/mol. The van der Waals surface area contributed by atoms with Crippen molar-refractivity contribution in [2.45, 2.75) is 19.8 Å². The molecule has 0 spiro atoms. The third kappa shape index (κ3) is 3.99. The Hall–Kier alpha value is -1.59. The summed E-state index contributed by atoms with van der Waals surface area (Å²) in [6, 6.07) is 5.53. The molecule has 1 fully saturated rings. The molecule has 5 heteroatoms. The fourth-order valence-electron chi connectivity index (χ4n) is 2.97. The van der Waals surface area contributed by atoms with Crippen LogP contribution >= 0.6 is 0 Å². The summed E-state index contributed by atoms with van der Waals surface area (Å²) in [5, 5.41) is 6.42. The van der Waals surface area contributed by atoms with Gasteiger partial charge in [-0.25, -0.2) is 0 Å². The van der Waals surface area contributed by atoms with Gasteiger partial charge in [-0.05, 0) is 50.6 Å². The van der Waals surface area contributed by atoms with Gasteiger partial charge in [0, 0.05) is 24.6 Å². The van der Waals surface area contributed by atoms with E-state index in [1.807, 2.05) is 19.1 Å². The summed E-state index contributed by atoms with van der Waals surface area (Å²) in [4.78, 5) is 12.4. The van der Waals surface area contributed by atoms with Gasteiger partial charge >= 0.3 is 0 Å². The molecule has 1 heterocycles. The average Bonchev–Trinajstić information content (AvgIpc) is 2.54. The fourth-order valence-corrected chi connectivity index (χ4v) is 2.97. The topological polar surface area (TPSA) is 59.6 Å². The summed E-state index contributed by atoms with van der Waals surface area (Å²) < 4.78 is 10.7. The normalized spacial score (nSPS) is 17.0. The molecular formula is C17H26N2O3. The highest BCUT2D eigenvalue weighted by Gasteiger charge is 2.32. The van der Waals surface area contributed by atoms with E-state index in [0.717, 1.165) is 37.2 Å². The maximum absolute atomic E-state index is 12.4. The molecule has 2 N–H and O–H groups in total. The molecule has 0 unspecified atom stereocenters. The van der Waals surface area contributed by atoms with Crippen molar-refractivity contribution in [3.63, 3.8) is 0 Å². The Bertz CT molecular complexity index is 505. The molecule has 1 aliphatic rings. The third-order valence-electron chi connectivity index (χ3n) is 4.41. The van der Waals surface area contributed by atoms with Gasteiger partial charge in [-0.1, -0.05) is 6.07 Å². The molecule has 1 aliphatic heterocycles. The van der Waals surface area contributed by atoms with E-state index < -0.39 is 0 Å². The summed E-state index contributed by atoms with van der Waals surface area (Å²) >= 11 is 0. The van der Waals surface area contributed by atoms with Gasteiger partial charge in [0.1, 0.15) is 5.75 Å². The highest BCUT2D eigenvalue weighted by molar-refractivity contribution is 5.94. The number of carbonyl (C=O) groups is 1. The molecule has 22 heavy (non-hydrogen) atoms. The number of piperidine rings is 1. The van der Waals surface area contributed by atoms with Crippen LogP contribution in [0.15, 0.2) is 18.2 Å². The van der Waals surface area contributed by atoms with Gasteiger partial charge in [-0.2, -0.15) is 0 Å². The van der Waals surface area contributed by atoms with Crippen molar-refractivity contribution in [2.75, 3.05) is 40.5 Å². The van der Waals surface area contributed by atoms with Crippen LogP contribution in [0.1, 0.15) is 28.8 Å². The predicted octanol–water partition coefficient (Wildman–Crippen LogP) is 1.75. The van der Waals surface area contributed by atoms with E-state index in [0.29, 0.717) is 18.7 Å². The maximum atomic E-state index is 12.4. The van der Waals surface area contributed by atoms with Gasteiger partial charge in [0.05, 0.1) is 13.7 Å². The van der Waals surface area contributed by atoms with Gasteiger partial charge in [0.2, 0.25) is 0 Å². The summed E-state index contributed by atoms with van der Waals surface area (Å²) in [6.45, 7) is 5.21. The van der Waals surface area contributed by atoms with Gasteiger partial charge in [0.25, 0.3) is 5.91 Å². The van der Waals surface area contributed by atoms with E-state index >= 15 is 0 Å². The maximum Gasteiger partial charge on any atom is 0.251 e. The number of aryl methyl sites for hydroxylation is 1. The lowest BCUT2D eigenvalue weighted by atomic mass is 9.79. The smallest absolute Gasteiger partial charge is 0.251 e. The second-order valence-corrected chi connectivity index (χ2v) is 6.05. The number of benzene rings is 1. The second-order valence-electron chi connectivity index (χ2n) is 6.05. The molecule has 1 aromatic rings. The number of nitrogens with one attached hydrogen (secondary N) is 2. The van der Waals surface area contributed by atoms with Crippen molar-refractivity contribution < 1.29 is 14.3 Å². The van der Waals surface area contributed by atoms with Crippen molar-refractivity contribution in [3.05, 3.63) is 29.3 Å². The molecule has 0 bridgehead atoms. The van der Waals surface area contributed by atoms with Gasteiger partial charge < -0.3 is 20.1 Å². The average molecular weight is 306 g/mol. The number of methoxy groups -OCH3 is 2. The van der Waals surface area contributed by atoms with Gasteiger partial charge in [-0.15, -0.1) is 0 Å². The lowest BCUT2D eigenvalue weighted by molar-refractivity contribution is 0.0511. The minimum Gasteiger partial charge on any atom is -0.496 e. The van der Waals surface area contributed by atoms with Crippen molar-refractivity contribution in [2.24, 2.45) is 5.41 Å². The summed E-state index contributed by atoms with van der Waals surface area (Å²) in [6.07, 6.45) is 2.02. The summed E-state index contributed by atoms with van der Waals surface area (Å²) in [5.41, 5.74) is 1.68. The van der Waals surface area contributed by atoms with Gasteiger partial charge in [-0.3, -0.25) is 4.79 Å². The Morgan fingerprint density at radius 1 is 1.32 bits per heavy atom. The Morgan fingerprint density at radius 2 is 2.05 bits per heavy atom.